The fourth-order valence-corrected chi connectivity index (χ4v) is 4.15. The molecule has 0 aliphatic heterocycles. The van der Waals surface area contributed by atoms with Crippen LogP contribution >= 0.6 is 0 Å². The highest BCUT2D eigenvalue weighted by Crippen LogP contribution is 2.53. The maximum atomic E-state index is 3.50. The van der Waals surface area contributed by atoms with E-state index in [-0.39, 0.29) is 0 Å². The second kappa shape index (κ2) is 4.86. The summed E-state index contributed by atoms with van der Waals surface area (Å²) < 4.78 is 0. The Balaban J connectivity index is 2.03. The monoisotopic (exact) mass is 209 g/mol. The average molecular weight is 209 g/mol. The van der Waals surface area contributed by atoms with E-state index in [2.05, 4.69) is 19.3 Å². The Hall–Kier alpha value is -0.0400. The minimum Gasteiger partial charge on any atom is -0.317 e. The molecule has 88 valence electrons. The van der Waals surface area contributed by atoms with Crippen molar-refractivity contribution in [2.45, 2.75) is 70.8 Å². The molecule has 0 radical (unpaired) electrons. The van der Waals surface area contributed by atoms with Gasteiger partial charge in [0.25, 0.3) is 0 Å². The Kier molecular flexibility index (Phi) is 3.71. The van der Waals surface area contributed by atoms with Crippen LogP contribution in [0, 0.1) is 11.3 Å². The number of hydrogen-bond acceptors (Lipinski definition) is 1. The molecule has 2 unspecified atom stereocenters. The van der Waals surface area contributed by atoms with E-state index >= 15 is 0 Å². The van der Waals surface area contributed by atoms with Gasteiger partial charge in [-0.1, -0.05) is 32.6 Å². The van der Waals surface area contributed by atoms with E-state index in [1.165, 1.54) is 57.8 Å². The van der Waals surface area contributed by atoms with Gasteiger partial charge in [-0.15, -0.1) is 0 Å². The van der Waals surface area contributed by atoms with Crippen molar-refractivity contribution in [3.8, 4) is 0 Å². The van der Waals surface area contributed by atoms with Gasteiger partial charge >= 0.3 is 0 Å². The molecule has 1 N–H and O–H groups in total. The van der Waals surface area contributed by atoms with Crippen LogP contribution in [0.3, 0.4) is 0 Å². The maximum absolute atomic E-state index is 3.50. The van der Waals surface area contributed by atoms with Crippen molar-refractivity contribution >= 4 is 0 Å². The number of rotatable bonds is 3. The van der Waals surface area contributed by atoms with Gasteiger partial charge in [0.1, 0.15) is 0 Å². The van der Waals surface area contributed by atoms with Gasteiger partial charge in [-0.3, -0.25) is 0 Å². The Morgan fingerprint density at radius 1 is 1.20 bits per heavy atom. The molecule has 2 aliphatic carbocycles. The first kappa shape index (κ1) is 11.4. The lowest BCUT2D eigenvalue weighted by Gasteiger charge is -2.45. The third-order valence-electron chi connectivity index (χ3n) is 5.07. The molecular formula is C14H27N. The molecule has 1 nitrogen and oxygen atoms in total. The smallest absolute Gasteiger partial charge is 0.00671 e. The summed E-state index contributed by atoms with van der Waals surface area (Å²) in [6, 6.07) is 0.813. The first-order valence-corrected chi connectivity index (χ1v) is 6.98. The SMILES string of the molecule is CCCC1CC(NC)CCC12CCCC2. The largest absolute Gasteiger partial charge is 0.317 e. The zero-order chi connectivity index (χ0) is 10.7. The van der Waals surface area contributed by atoms with Crippen LogP contribution in [-0.4, -0.2) is 13.1 Å². The minimum absolute atomic E-state index is 0.781. The normalized spacial score (nSPS) is 34.8. The Labute approximate surface area is 95.0 Å². The molecule has 2 fully saturated rings. The molecule has 0 aromatic heterocycles. The topological polar surface area (TPSA) is 12.0 Å². The van der Waals surface area contributed by atoms with E-state index in [4.69, 9.17) is 0 Å². The predicted molar refractivity (Wildman–Crippen MR) is 66.0 cm³/mol. The Bertz CT molecular complexity index is 194. The molecule has 2 aliphatic rings. The summed E-state index contributed by atoms with van der Waals surface area (Å²) in [5, 5.41) is 3.50. The highest BCUT2D eigenvalue weighted by Gasteiger charge is 2.43. The van der Waals surface area contributed by atoms with Crippen molar-refractivity contribution in [2.24, 2.45) is 11.3 Å². The van der Waals surface area contributed by atoms with Gasteiger partial charge in [0.2, 0.25) is 0 Å². The molecule has 15 heavy (non-hydrogen) atoms. The van der Waals surface area contributed by atoms with Gasteiger partial charge in [0, 0.05) is 6.04 Å². The molecule has 2 saturated carbocycles. The van der Waals surface area contributed by atoms with Gasteiger partial charge < -0.3 is 5.32 Å². The van der Waals surface area contributed by atoms with E-state index in [1.807, 2.05) is 0 Å². The van der Waals surface area contributed by atoms with Crippen LogP contribution in [0.5, 0.6) is 0 Å². The van der Waals surface area contributed by atoms with E-state index in [0.29, 0.717) is 0 Å². The zero-order valence-electron chi connectivity index (χ0n) is 10.5. The van der Waals surface area contributed by atoms with Crippen molar-refractivity contribution in [3.63, 3.8) is 0 Å². The molecule has 0 aromatic rings. The Morgan fingerprint density at radius 3 is 2.53 bits per heavy atom. The minimum atomic E-state index is 0.781. The van der Waals surface area contributed by atoms with Crippen molar-refractivity contribution in [2.75, 3.05) is 7.05 Å². The van der Waals surface area contributed by atoms with Crippen LogP contribution in [0.4, 0.5) is 0 Å². The summed E-state index contributed by atoms with van der Waals surface area (Å²) in [5.74, 6) is 1.02. The lowest BCUT2D eigenvalue weighted by atomic mass is 9.62. The summed E-state index contributed by atoms with van der Waals surface area (Å²) in [7, 11) is 2.14. The first-order chi connectivity index (χ1) is 7.30. The van der Waals surface area contributed by atoms with Crippen LogP contribution in [0.25, 0.3) is 0 Å². The second-order valence-electron chi connectivity index (χ2n) is 5.82. The summed E-state index contributed by atoms with van der Waals surface area (Å²) >= 11 is 0. The standard InChI is InChI=1S/C14H27N/c1-3-6-12-11-13(15-2)7-10-14(12)8-4-5-9-14/h12-13,15H,3-11H2,1-2H3. The summed E-state index contributed by atoms with van der Waals surface area (Å²) in [5.41, 5.74) is 0.781. The lowest BCUT2D eigenvalue weighted by Crippen LogP contribution is -2.41. The van der Waals surface area contributed by atoms with Gasteiger partial charge in [0.15, 0.2) is 0 Å². The van der Waals surface area contributed by atoms with Crippen molar-refractivity contribution in [1.82, 2.24) is 5.32 Å². The quantitative estimate of drug-likeness (QED) is 0.746. The van der Waals surface area contributed by atoms with Gasteiger partial charge in [-0.25, -0.2) is 0 Å². The second-order valence-corrected chi connectivity index (χ2v) is 5.82. The average Bonchev–Trinajstić information content (AvgIpc) is 2.72. The Morgan fingerprint density at radius 2 is 1.93 bits per heavy atom. The molecule has 0 heterocycles. The summed E-state index contributed by atoms with van der Waals surface area (Å²) in [4.78, 5) is 0. The lowest BCUT2D eigenvalue weighted by molar-refractivity contribution is 0.0749. The highest BCUT2D eigenvalue weighted by molar-refractivity contribution is 4.96. The molecule has 1 heteroatoms. The van der Waals surface area contributed by atoms with Crippen molar-refractivity contribution in [3.05, 3.63) is 0 Å². The molecule has 2 atom stereocenters. The predicted octanol–water partition coefficient (Wildman–Crippen LogP) is 3.74. The van der Waals surface area contributed by atoms with Crippen LogP contribution in [-0.2, 0) is 0 Å². The van der Waals surface area contributed by atoms with Gasteiger partial charge in [-0.05, 0) is 50.5 Å². The van der Waals surface area contributed by atoms with E-state index < -0.39 is 0 Å². The van der Waals surface area contributed by atoms with Crippen LogP contribution in [0.2, 0.25) is 0 Å². The highest BCUT2D eigenvalue weighted by atomic mass is 14.9. The molecule has 0 bridgehead atoms. The summed E-state index contributed by atoms with van der Waals surface area (Å²) in [6.45, 7) is 2.35. The van der Waals surface area contributed by atoms with Crippen LogP contribution < -0.4 is 5.32 Å². The summed E-state index contributed by atoms with van der Waals surface area (Å²) in [6.07, 6.45) is 13.3. The third kappa shape index (κ3) is 2.22. The number of hydrogen-bond donors (Lipinski definition) is 1. The van der Waals surface area contributed by atoms with Gasteiger partial charge in [-0.2, -0.15) is 0 Å². The van der Waals surface area contributed by atoms with E-state index in [9.17, 15) is 0 Å². The molecule has 0 aromatic carbocycles. The van der Waals surface area contributed by atoms with Crippen molar-refractivity contribution < 1.29 is 0 Å². The molecule has 1 spiro atoms. The van der Waals surface area contributed by atoms with Crippen molar-refractivity contribution in [1.29, 1.82) is 0 Å². The molecular weight excluding hydrogens is 182 g/mol. The first-order valence-electron chi connectivity index (χ1n) is 6.98. The fraction of sp³-hybridized carbons (Fsp3) is 1.00. The van der Waals surface area contributed by atoms with Crippen LogP contribution in [0.15, 0.2) is 0 Å². The number of nitrogens with one attached hydrogen (secondary N) is 1. The zero-order valence-corrected chi connectivity index (χ0v) is 10.5. The van der Waals surface area contributed by atoms with E-state index in [1.54, 1.807) is 0 Å². The van der Waals surface area contributed by atoms with Gasteiger partial charge in [0.05, 0.1) is 0 Å². The maximum Gasteiger partial charge on any atom is 0.00671 e. The van der Waals surface area contributed by atoms with E-state index in [0.717, 1.165) is 17.4 Å². The molecule has 0 saturated heterocycles. The fourth-order valence-electron chi connectivity index (χ4n) is 4.15. The van der Waals surface area contributed by atoms with Crippen LogP contribution in [0.1, 0.15) is 64.7 Å². The molecule has 2 rings (SSSR count). The third-order valence-corrected chi connectivity index (χ3v) is 5.07. The molecule has 0 amide bonds.